The fraction of sp³-hybridized carbons (Fsp3) is 0.278. The van der Waals surface area contributed by atoms with Gasteiger partial charge in [0.15, 0.2) is 11.5 Å². The molecule has 0 radical (unpaired) electrons. The molecule has 0 unspecified atom stereocenters. The molecule has 1 aromatic heterocycles. The van der Waals surface area contributed by atoms with Crippen LogP contribution < -0.4 is 10.8 Å². The molecule has 136 valence electrons. The van der Waals surface area contributed by atoms with Gasteiger partial charge in [-0.15, -0.1) is 0 Å². The van der Waals surface area contributed by atoms with Crippen molar-refractivity contribution in [2.45, 2.75) is 20.8 Å². The number of nitrogens with one attached hydrogen (secondary N) is 2. The normalized spacial score (nSPS) is 10.5. The van der Waals surface area contributed by atoms with Crippen LogP contribution in [0, 0.1) is 35.8 Å². The van der Waals surface area contributed by atoms with Gasteiger partial charge in [0.2, 0.25) is 0 Å². The van der Waals surface area contributed by atoms with E-state index in [2.05, 4.69) is 15.8 Å². The minimum absolute atomic E-state index is 0.0377. The zero-order valence-electron chi connectivity index (χ0n) is 14.6. The summed E-state index contributed by atoms with van der Waals surface area (Å²) in [5.41, 5.74) is 2.20. The van der Waals surface area contributed by atoms with Gasteiger partial charge in [-0.25, -0.2) is 19.2 Å². The highest BCUT2D eigenvalue weighted by atomic mass is 19.1. The number of nitrogens with zero attached hydrogens (tertiary/aromatic N) is 2. The van der Waals surface area contributed by atoms with Crippen molar-refractivity contribution in [3.8, 4) is 6.07 Å². The molecule has 2 N–H and O–H groups in total. The highest BCUT2D eigenvalue weighted by molar-refractivity contribution is 5.99. The second-order valence-corrected chi connectivity index (χ2v) is 6.07. The highest BCUT2D eigenvalue weighted by Gasteiger charge is 2.19. The molecule has 0 aliphatic carbocycles. The Morgan fingerprint density at radius 3 is 2.65 bits per heavy atom. The van der Waals surface area contributed by atoms with E-state index in [4.69, 9.17) is 10.1 Å². The topological polar surface area (TPSA) is 87.0 Å². The molecule has 6 nitrogen and oxygen atoms in total. The van der Waals surface area contributed by atoms with E-state index >= 15 is 0 Å². The van der Waals surface area contributed by atoms with Crippen LogP contribution in [0.25, 0.3) is 0 Å². The standard InChI is InChI=1S/C18H18F2N4O2/c1-10(2)9-26-24-18(25)12-7-14(20)16(8-21)23-17(12)22-15-5-4-11(3)6-13(15)19/h4-7,10H,9H2,1-3H3,(H,22,23)(H,24,25). The van der Waals surface area contributed by atoms with Crippen LogP contribution in [0.1, 0.15) is 35.5 Å². The van der Waals surface area contributed by atoms with Crippen molar-refractivity contribution in [1.29, 1.82) is 5.26 Å². The van der Waals surface area contributed by atoms with Gasteiger partial charge in [0.1, 0.15) is 17.7 Å². The SMILES string of the molecule is Cc1ccc(Nc2nc(C#N)c(F)cc2C(=O)NOCC(C)C)c(F)c1. The number of hydrogen-bond acceptors (Lipinski definition) is 5. The van der Waals surface area contributed by atoms with Crippen LogP contribution in [0.2, 0.25) is 0 Å². The largest absolute Gasteiger partial charge is 0.337 e. The van der Waals surface area contributed by atoms with Crippen LogP contribution in [0.5, 0.6) is 0 Å². The fourth-order valence-corrected chi connectivity index (χ4v) is 2.01. The Morgan fingerprint density at radius 1 is 1.31 bits per heavy atom. The van der Waals surface area contributed by atoms with Crippen molar-refractivity contribution in [2.24, 2.45) is 5.92 Å². The smallest absolute Gasteiger partial charge is 0.278 e. The Bertz CT molecular complexity index is 863. The minimum Gasteiger partial charge on any atom is -0.337 e. The number of aryl methyl sites for hydroxylation is 1. The van der Waals surface area contributed by atoms with Gasteiger partial charge in [-0.05, 0) is 36.6 Å². The second-order valence-electron chi connectivity index (χ2n) is 6.07. The molecule has 26 heavy (non-hydrogen) atoms. The maximum absolute atomic E-state index is 14.1. The van der Waals surface area contributed by atoms with E-state index in [1.54, 1.807) is 19.1 Å². The van der Waals surface area contributed by atoms with E-state index in [0.717, 1.165) is 6.07 Å². The lowest BCUT2D eigenvalue weighted by Gasteiger charge is -2.13. The molecule has 1 aromatic carbocycles. The fourth-order valence-electron chi connectivity index (χ4n) is 2.01. The molecule has 8 heteroatoms. The molecule has 0 fully saturated rings. The molecule has 2 rings (SSSR count). The van der Waals surface area contributed by atoms with E-state index in [9.17, 15) is 13.6 Å². The number of halogens is 2. The Kier molecular flexibility index (Phi) is 6.20. The van der Waals surface area contributed by atoms with Crippen molar-refractivity contribution in [2.75, 3.05) is 11.9 Å². The van der Waals surface area contributed by atoms with Gasteiger partial charge in [0.25, 0.3) is 5.91 Å². The lowest BCUT2D eigenvalue weighted by Crippen LogP contribution is -2.27. The van der Waals surface area contributed by atoms with Gasteiger partial charge in [0, 0.05) is 0 Å². The Balaban J connectivity index is 2.36. The number of benzene rings is 1. The van der Waals surface area contributed by atoms with E-state index in [1.807, 2.05) is 13.8 Å². The summed E-state index contributed by atoms with van der Waals surface area (Å²) >= 11 is 0. The third-order valence-electron chi connectivity index (χ3n) is 3.29. The zero-order valence-corrected chi connectivity index (χ0v) is 14.6. The molecule has 0 aliphatic heterocycles. The molecule has 0 saturated carbocycles. The summed E-state index contributed by atoms with van der Waals surface area (Å²) in [6, 6.07) is 6.85. The third kappa shape index (κ3) is 4.74. The minimum atomic E-state index is -0.962. The average molecular weight is 360 g/mol. The van der Waals surface area contributed by atoms with Crippen LogP contribution in [-0.4, -0.2) is 17.5 Å². The van der Waals surface area contributed by atoms with Crippen LogP contribution in [0.4, 0.5) is 20.3 Å². The van der Waals surface area contributed by atoms with Gasteiger partial charge in [-0.1, -0.05) is 19.9 Å². The van der Waals surface area contributed by atoms with E-state index < -0.39 is 23.2 Å². The lowest BCUT2D eigenvalue weighted by atomic mass is 10.2. The quantitative estimate of drug-likeness (QED) is 0.769. The molecule has 0 aliphatic rings. The summed E-state index contributed by atoms with van der Waals surface area (Å²) in [5.74, 6) is -2.29. The van der Waals surface area contributed by atoms with Crippen molar-refractivity contribution in [3.05, 3.63) is 52.7 Å². The third-order valence-corrected chi connectivity index (χ3v) is 3.29. The van der Waals surface area contributed by atoms with Crippen LogP contribution in [0.3, 0.4) is 0 Å². The molecular weight excluding hydrogens is 342 g/mol. The van der Waals surface area contributed by atoms with Crippen LogP contribution in [0.15, 0.2) is 24.3 Å². The number of pyridine rings is 1. The van der Waals surface area contributed by atoms with Gasteiger partial charge in [-0.3, -0.25) is 9.63 Å². The number of carbonyl (C=O) groups excluding carboxylic acids is 1. The predicted octanol–water partition coefficient (Wildman–Crippen LogP) is 3.60. The second kappa shape index (κ2) is 8.36. The first-order valence-electron chi connectivity index (χ1n) is 7.87. The predicted molar refractivity (Wildman–Crippen MR) is 91.6 cm³/mol. The Hall–Kier alpha value is -3.05. The molecule has 2 aromatic rings. The first-order valence-corrected chi connectivity index (χ1v) is 7.87. The molecule has 0 bridgehead atoms. The lowest BCUT2D eigenvalue weighted by molar-refractivity contribution is 0.0209. The average Bonchev–Trinajstić information content (AvgIpc) is 2.57. The van der Waals surface area contributed by atoms with E-state index in [-0.39, 0.29) is 29.6 Å². The van der Waals surface area contributed by atoms with Gasteiger partial charge < -0.3 is 5.32 Å². The Labute approximate surface area is 149 Å². The summed E-state index contributed by atoms with van der Waals surface area (Å²) in [6.45, 7) is 5.76. The van der Waals surface area contributed by atoms with Gasteiger partial charge >= 0.3 is 0 Å². The highest BCUT2D eigenvalue weighted by Crippen LogP contribution is 2.24. The van der Waals surface area contributed by atoms with Crippen molar-refractivity contribution >= 4 is 17.4 Å². The number of hydroxylamine groups is 1. The maximum atomic E-state index is 14.1. The van der Waals surface area contributed by atoms with Crippen molar-refractivity contribution < 1.29 is 18.4 Å². The number of amides is 1. The zero-order chi connectivity index (χ0) is 19.3. The molecule has 0 spiro atoms. The number of aromatic nitrogens is 1. The van der Waals surface area contributed by atoms with Gasteiger partial charge in [-0.2, -0.15) is 5.26 Å². The van der Waals surface area contributed by atoms with Crippen LogP contribution >= 0.6 is 0 Å². The number of nitriles is 1. The molecule has 0 saturated heterocycles. The number of carbonyl (C=O) groups is 1. The van der Waals surface area contributed by atoms with E-state index in [0.29, 0.717) is 5.56 Å². The summed E-state index contributed by atoms with van der Waals surface area (Å²) in [5, 5.41) is 11.6. The first-order chi connectivity index (χ1) is 12.3. The maximum Gasteiger partial charge on any atom is 0.278 e. The monoisotopic (exact) mass is 360 g/mol. The first kappa shape index (κ1) is 19.3. The molecular formula is C18H18F2N4O2. The number of hydrogen-bond donors (Lipinski definition) is 2. The summed E-state index contributed by atoms with van der Waals surface area (Å²) < 4.78 is 28.0. The van der Waals surface area contributed by atoms with Crippen molar-refractivity contribution in [3.63, 3.8) is 0 Å². The molecule has 0 atom stereocenters. The Morgan fingerprint density at radius 2 is 2.04 bits per heavy atom. The van der Waals surface area contributed by atoms with Crippen LogP contribution in [-0.2, 0) is 4.84 Å². The number of anilines is 2. The molecule has 1 amide bonds. The summed E-state index contributed by atoms with van der Waals surface area (Å²) in [6.07, 6.45) is 0. The summed E-state index contributed by atoms with van der Waals surface area (Å²) in [7, 11) is 0. The summed E-state index contributed by atoms with van der Waals surface area (Å²) in [4.78, 5) is 21.1. The van der Waals surface area contributed by atoms with Gasteiger partial charge in [0.05, 0.1) is 17.9 Å². The molecule has 1 heterocycles. The van der Waals surface area contributed by atoms with E-state index in [1.165, 1.54) is 12.1 Å². The van der Waals surface area contributed by atoms with Crippen molar-refractivity contribution in [1.82, 2.24) is 10.5 Å². The number of rotatable bonds is 6.